The molecular formula is C12H18N2O2. The highest BCUT2D eigenvalue weighted by Gasteiger charge is 2.15. The van der Waals surface area contributed by atoms with E-state index in [0.717, 1.165) is 31.7 Å². The third-order valence-electron chi connectivity index (χ3n) is 3.05. The molecule has 0 bridgehead atoms. The van der Waals surface area contributed by atoms with Crippen molar-refractivity contribution in [3.63, 3.8) is 0 Å². The zero-order valence-corrected chi connectivity index (χ0v) is 9.56. The minimum Gasteiger partial charge on any atom is -0.508 e. The molecule has 0 saturated carbocycles. The minimum absolute atomic E-state index is 0.210. The summed E-state index contributed by atoms with van der Waals surface area (Å²) in [5.41, 5.74) is 0.796. The van der Waals surface area contributed by atoms with Crippen LogP contribution >= 0.6 is 0 Å². The SMILES string of the molecule is CN1CCN(Cc2cc(O)ccc2O)CC1. The molecule has 2 rings (SSSR count). The van der Waals surface area contributed by atoms with E-state index in [2.05, 4.69) is 16.8 Å². The number of rotatable bonds is 2. The lowest BCUT2D eigenvalue weighted by Gasteiger charge is -2.32. The van der Waals surface area contributed by atoms with Gasteiger partial charge < -0.3 is 15.1 Å². The first kappa shape index (κ1) is 11.2. The van der Waals surface area contributed by atoms with Gasteiger partial charge in [0.05, 0.1) is 0 Å². The molecule has 0 spiro atoms. The predicted molar refractivity (Wildman–Crippen MR) is 62.5 cm³/mol. The van der Waals surface area contributed by atoms with E-state index in [4.69, 9.17) is 0 Å². The molecule has 1 aliphatic heterocycles. The molecule has 2 N–H and O–H groups in total. The Morgan fingerprint density at radius 1 is 1.12 bits per heavy atom. The molecular weight excluding hydrogens is 204 g/mol. The first-order chi connectivity index (χ1) is 7.65. The zero-order chi connectivity index (χ0) is 11.5. The van der Waals surface area contributed by atoms with Gasteiger partial charge in [0.2, 0.25) is 0 Å². The molecule has 1 aromatic carbocycles. The van der Waals surface area contributed by atoms with Gasteiger partial charge in [0.1, 0.15) is 11.5 Å². The Hall–Kier alpha value is -1.26. The molecule has 16 heavy (non-hydrogen) atoms. The highest BCUT2D eigenvalue weighted by atomic mass is 16.3. The number of benzene rings is 1. The van der Waals surface area contributed by atoms with Gasteiger partial charge in [-0.25, -0.2) is 0 Å². The van der Waals surface area contributed by atoms with Crippen molar-refractivity contribution in [1.29, 1.82) is 0 Å². The molecule has 1 aromatic rings. The van der Waals surface area contributed by atoms with Crippen molar-refractivity contribution in [2.75, 3.05) is 33.2 Å². The molecule has 0 aliphatic carbocycles. The Labute approximate surface area is 95.7 Å². The second-order valence-electron chi connectivity index (χ2n) is 4.39. The Balaban J connectivity index is 2.00. The van der Waals surface area contributed by atoms with Crippen molar-refractivity contribution in [2.45, 2.75) is 6.54 Å². The summed E-state index contributed by atoms with van der Waals surface area (Å²) < 4.78 is 0. The van der Waals surface area contributed by atoms with Crippen LogP contribution in [0.25, 0.3) is 0 Å². The van der Waals surface area contributed by atoms with E-state index in [-0.39, 0.29) is 11.5 Å². The van der Waals surface area contributed by atoms with Crippen molar-refractivity contribution < 1.29 is 10.2 Å². The summed E-state index contributed by atoms with van der Waals surface area (Å²) in [7, 11) is 2.11. The molecule has 1 saturated heterocycles. The highest BCUT2D eigenvalue weighted by Crippen LogP contribution is 2.23. The smallest absolute Gasteiger partial charge is 0.120 e. The van der Waals surface area contributed by atoms with Crippen LogP contribution in [0.1, 0.15) is 5.56 Å². The van der Waals surface area contributed by atoms with Gasteiger partial charge in [0.15, 0.2) is 0 Å². The summed E-state index contributed by atoms with van der Waals surface area (Å²) in [6.07, 6.45) is 0. The summed E-state index contributed by atoms with van der Waals surface area (Å²) >= 11 is 0. The van der Waals surface area contributed by atoms with E-state index in [1.165, 1.54) is 6.07 Å². The quantitative estimate of drug-likeness (QED) is 0.728. The first-order valence-corrected chi connectivity index (χ1v) is 5.57. The predicted octanol–water partition coefficient (Wildman–Crippen LogP) is 0.845. The van der Waals surface area contributed by atoms with E-state index in [0.29, 0.717) is 6.54 Å². The van der Waals surface area contributed by atoms with Crippen molar-refractivity contribution in [3.8, 4) is 11.5 Å². The third-order valence-corrected chi connectivity index (χ3v) is 3.05. The molecule has 0 amide bonds. The maximum atomic E-state index is 9.67. The average molecular weight is 222 g/mol. The van der Waals surface area contributed by atoms with E-state index in [1.807, 2.05) is 0 Å². The van der Waals surface area contributed by atoms with Gasteiger partial charge in [0, 0.05) is 38.3 Å². The van der Waals surface area contributed by atoms with Crippen LogP contribution in [0.4, 0.5) is 0 Å². The molecule has 1 fully saturated rings. The second kappa shape index (κ2) is 4.72. The van der Waals surface area contributed by atoms with Gasteiger partial charge in [-0.05, 0) is 25.2 Å². The van der Waals surface area contributed by atoms with Crippen LogP contribution in [0.2, 0.25) is 0 Å². The van der Waals surface area contributed by atoms with Crippen molar-refractivity contribution in [3.05, 3.63) is 23.8 Å². The van der Waals surface area contributed by atoms with Gasteiger partial charge in [-0.2, -0.15) is 0 Å². The van der Waals surface area contributed by atoms with Crippen molar-refractivity contribution in [2.24, 2.45) is 0 Å². The summed E-state index contributed by atoms with van der Waals surface area (Å²) in [6.45, 7) is 4.82. The number of hydrogen-bond donors (Lipinski definition) is 2. The normalized spacial score (nSPS) is 18.8. The lowest BCUT2D eigenvalue weighted by molar-refractivity contribution is 0.147. The van der Waals surface area contributed by atoms with Gasteiger partial charge >= 0.3 is 0 Å². The molecule has 88 valence electrons. The second-order valence-corrected chi connectivity index (χ2v) is 4.39. The maximum Gasteiger partial charge on any atom is 0.120 e. The van der Waals surface area contributed by atoms with Crippen LogP contribution in [-0.4, -0.2) is 53.2 Å². The van der Waals surface area contributed by atoms with Gasteiger partial charge in [-0.1, -0.05) is 0 Å². The van der Waals surface area contributed by atoms with E-state index >= 15 is 0 Å². The fourth-order valence-corrected chi connectivity index (χ4v) is 1.95. The topological polar surface area (TPSA) is 46.9 Å². The van der Waals surface area contributed by atoms with Crippen LogP contribution in [0.15, 0.2) is 18.2 Å². The molecule has 0 unspecified atom stereocenters. The fraction of sp³-hybridized carbons (Fsp3) is 0.500. The molecule has 4 heteroatoms. The summed E-state index contributed by atoms with van der Waals surface area (Å²) in [5, 5.41) is 19.0. The van der Waals surface area contributed by atoms with Gasteiger partial charge in [0.25, 0.3) is 0 Å². The van der Waals surface area contributed by atoms with Crippen LogP contribution in [0.3, 0.4) is 0 Å². The number of phenols is 2. The van der Waals surface area contributed by atoms with Gasteiger partial charge in [-0.15, -0.1) is 0 Å². The molecule has 0 aromatic heterocycles. The lowest BCUT2D eigenvalue weighted by Crippen LogP contribution is -2.43. The van der Waals surface area contributed by atoms with Crippen LogP contribution in [0, 0.1) is 0 Å². The van der Waals surface area contributed by atoms with Crippen LogP contribution in [0.5, 0.6) is 11.5 Å². The number of phenolic OH excluding ortho intramolecular Hbond substituents is 2. The average Bonchev–Trinajstić information content (AvgIpc) is 2.27. The Morgan fingerprint density at radius 2 is 1.81 bits per heavy atom. The van der Waals surface area contributed by atoms with Crippen LogP contribution in [-0.2, 0) is 6.54 Å². The Kier molecular flexibility index (Phi) is 3.31. The number of likely N-dealkylation sites (N-methyl/N-ethyl adjacent to an activating group) is 1. The van der Waals surface area contributed by atoms with Crippen molar-refractivity contribution >= 4 is 0 Å². The highest BCUT2D eigenvalue weighted by molar-refractivity contribution is 5.38. The maximum absolute atomic E-state index is 9.67. The molecule has 1 aliphatic rings. The lowest BCUT2D eigenvalue weighted by atomic mass is 10.1. The summed E-state index contributed by atoms with van der Waals surface area (Å²) in [4.78, 5) is 4.58. The number of hydrogen-bond acceptors (Lipinski definition) is 4. The summed E-state index contributed by atoms with van der Waals surface area (Å²) in [6, 6.07) is 4.68. The van der Waals surface area contributed by atoms with E-state index in [9.17, 15) is 10.2 Å². The molecule has 4 nitrogen and oxygen atoms in total. The van der Waals surface area contributed by atoms with E-state index < -0.39 is 0 Å². The number of piperazine rings is 1. The minimum atomic E-state index is 0.210. The summed E-state index contributed by atoms with van der Waals surface area (Å²) in [5.74, 6) is 0.471. The fourth-order valence-electron chi connectivity index (χ4n) is 1.95. The largest absolute Gasteiger partial charge is 0.508 e. The standard InChI is InChI=1S/C12H18N2O2/c1-13-4-6-14(7-5-13)9-10-8-11(15)2-3-12(10)16/h2-3,8,15-16H,4-7,9H2,1H3. The monoisotopic (exact) mass is 222 g/mol. The first-order valence-electron chi connectivity index (χ1n) is 5.57. The van der Waals surface area contributed by atoms with Crippen molar-refractivity contribution in [1.82, 2.24) is 9.80 Å². The Morgan fingerprint density at radius 3 is 2.50 bits per heavy atom. The molecule has 1 heterocycles. The molecule has 0 atom stereocenters. The molecule has 0 radical (unpaired) electrons. The third kappa shape index (κ3) is 2.65. The van der Waals surface area contributed by atoms with Crippen LogP contribution < -0.4 is 0 Å². The van der Waals surface area contributed by atoms with E-state index in [1.54, 1.807) is 12.1 Å². The zero-order valence-electron chi connectivity index (χ0n) is 9.56. The Bertz CT molecular complexity index is 360. The van der Waals surface area contributed by atoms with Gasteiger partial charge in [-0.3, -0.25) is 4.90 Å². The number of nitrogens with zero attached hydrogens (tertiary/aromatic N) is 2. The number of aromatic hydroxyl groups is 2.